The van der Waals surface area contributed by atoms with Crippen molar-refractivity contribution in [3.63, 3.8) is 0 Å². The van der Waals surface area contributed by atoms with E-state index in [4.69, 9.17) is 4.74 Å². The zero-order valence-electron chi connectivity index (χ0n) is 12.9. The first-order chi connectivity index (χ1) is 10.1. The van der Waals surface area contributed by atoms with Crippen molar-refractivity contribution < 1.29 is 9.53 Å². The first-order valence-corrected chi connectivity index (χ1v) is 7.73. The van der Waals surface area contributed by atoms with Crippen LogP contribution in [0.25, 0.3) is 0 Å². The highest BCUT2D eigenvalue weighted by Gasteiger charge is 2.27. The quantitative estimate of drug-likeness (QED) is 0.899. The molecule has 6 nitrogen and oxygen atoms in total. The van der Waals surface area contributed by atoms with Crippen LogP contribution in [-0.2, 0) is 17.7 Å². The largest absolute Gasteiger partial charge is 0.381 e. The Labute approximate surface area is 125 Å². The van der Waals surface area contributed by atoms with Gasteiger partial charge in [0.05, 0.1) is 0 Å². The standard InChI is InChI=1S/C15H24N4O2/c1-18(2)15(20)14-12-10-19(6-3-13(12)16-17-14)9-11-4-7-21-8-5-11/h11H,3-10H2,1-2H3,(H,16,17). The summed E-state index contributed by atoms with van der Waals surface area (Å²) in [6.45, 7) is 4.75. The average molecular weight is 292 g/mol. The number of hydrogen-bond acceptors (Lipinski definition) is 4. The Kier molecular flexibility index (Phi) is 4.26. The highest BCUT2D eigenvalue weighted by molar-refractivity contribution is 5.93. The Balaban J connectivity index is 1.69. The summed E-state index contributed by atoms with van der Waals surface area (Å²) >= 11 is 0. The lowest BCUT2D eigenvalue weighted by molar-refractivity contribution is 0.0505. The third-order valence-corrected chi connectivity index (χ3v) is 4.48. The van der Waals surface area contributed by atoms with E-state index >= 15 is 0 Å². The van der Waals surface area contributed by atoms with Crippen LogP contribution in [-0.4, -0.2) is 66.3 Å². The second kappa shape index (κ2) is 6.15. The lowest BCUT2D eigenvalue weighted by Gasteiger charge is -2.32. The van der Waals surface area contributed by atoms with Crippen molar-refractivity contribution in [2.75, 3.05) is 40.4 Å². The summed E-state index contributed by atoms with van der Waals surface area (Å²) in [6.07, 6.45) is 3.25. The second-order valence-electron chi connectivity index (χ2n) is 6.27. The molecule has 1 fully saturated rings. The van der Waals surface area contributed by atoms with Gasteiger partial charge in [-0.25, -0.2) is 0 Å². The van der Waals surface area contributed by atoms with Crippen LogP contribution in [0.3, 0.4) is 0 Å². The highest BCUT2D eigenvalue weighted by Crippen LogP contribution is 2.24. The maximum Gasteiger partial charge on any atom is 0.274 e. The Morgan fingerprint density at radius 3 is 2.90 bits per heavy atom. The molecule has 21 heavy (non-hydrogen) atoms. The van der Waals surface area contributed by atoms with Crippen LogP contribution in [0.15, 0.2) is 0 Å². The molecule has 2 aliphatic rings. The minimum absolute atomic E-state index is 0.0135. The van der Waals surface area contributed by atoms with Gasteiger partial charge in [-0.3, -0.25) is 14.8 Å². The molecule has 1 aromatic rings. The number of hydrogen-bond donors (Lipinski definition) is 1. The van der Waals surface area contributed by atoms with E-state index in [1.807, 2.05) is 0 Å². The van der Waals surface area contributed by atoms with E-state index in [9.17, 15) is 4.79 Å². The van der Waals surface area contributed by atoms with E-state index in [0.29, 0.717) is 5.69 Å². The van der Waals surface area contributed by atoms with Crippen LogP contribution in [0.4, 0.5) is 0 Å². The van der Waals surface area contributed by atoms with Crippen molar-refractivity contribution in [2.45, 2.75) is 25.8 Å². The lowest BCUT2D eigenvalue weighted by atomic mass is 9.97. The summed E-state index contributed by atoms with van der Waals surface area (Å²) in [4.78, 5) is 16.2. The summed E-state index contributed by atoms with van der Waals surface area (Å²) in [5.41, 5.74) is 2.81. The van der Waals surface area contributed by atoms with Gasteiger partial charge in [-0.1, -0.05) is 0 Å². The summed E-state index contributed by atoms with van der Waals surface area (Å²) in [5, 5.41) is 7.28. The number of nitrogens with one attached hydrogen (secondary N) is 1. The van der Waals surface area contributed by atoms with Crippen LogP contribution in [0.5, 0.6) is 0 Å². The van der Waals surface area contributed by atoms with Crippen molar-refractivity contribution >= 4 is 5.91 Å². The molecule has 1 aromatic heterocycles. The second-order valence-corrected chi connectivity index (χ2v) is 6.27. The molecule has 6 heteroatoms. The maximum atomic E-state index is 12.2. The van der Waals surface area contributed by atoms with Crippen molar-refractivity contribution in [1.29, 1.82) is 0 Å². The molecule has 1 N–H and O–H groups in total. The molecule has 116 valence electrons. The van der Waals surface area contributed by atoms with Crippen LogP contribution in [0.2, 0.25) is 0 Å². The fourth-order valence-electron chi connectivity index (χ4n) is 3.19. The van der Waals surface area contributed by atoms with Crippen LogP contribution in [0, 0.1) is 5.92 Å². The number of amides is 1. The highest BCUT2D eigenvalue weighted by atomic mass is 16.5. The molecule has 0 unspecified atom stereocenters. The molecule has 0 atom stereocenters. The number of aromatic nitrogens is 2. The Hall–Kier alpha value is -1.40. The van der Waals surface area contributed by atoms with E-state index < -0.39 is 0 Å². The van der Waals surface area contributed by atoms with Crippen molar-refractivity contribution in [3.8, 4) is 0 Å². The zero-order valence-corrected chi connectivity index (χ0v) is 12.9. The maximum absolute atomic E-state index is 12.2. The molecule has 0 spiro atoms. The van der Waals surface area contributed by atoms with Crippen molar-refractivity contribution in [2.24, 2.45) is 5.92 Å². The smallest absolute Gasteiger partial charge is 0.274 e. The van der Waals surface area contributed by atoms with Gasteiger partial charge in [0.15, 0.2) is 5.69 Å². The fraction of sp³-hybridized carbons (Fsp3) is 0.733. The van der Waals surface area contributed by atoms with Crippen molar-refractivity contribution in [1.82, 2.24) is 20.0 Å². The molecule has 0 aliphatic carbocycles. The Morgan fingerprint density at radius 2 is 2.19 bits per heavy atom. The fourth-order valence-corrected chi connectivity index (χ4v) is 3.19. The van der Waals surface area contributed by atoms with Gasteiger partial charge < -0.3 is 9.64 Å². The molecule has 3 rings (SSSR count). The molecule has 2 aliphatic heterocycles. The van der Waals surface area contributed by atoms with E-state index in [1.54, 1.807) is 19.0 Å². The van der Waals surface area contributed by atoms with Gasteiger partial charge >= 0.3 is 0 Å². The topological polar surface area (TPSA) is 61.5 Å². The molecule has 1 amide bonds. The average Bonchev–Trinajstić information content (AvgIpc) is 2.90. The van der Waals surface area contributed by atoms with E-state index in [0.717, 1.165) is 69.3 Å². The van der Waals surface area contributed by atoms with E-state index in [2.05, 4.69) is 15.1 Å². The number of carbonyl (C=O) groups is 1. The molecular formula is C15H24N4O2. The number of aromatic amines is 1. The normalized spacial score (nSPS) is 20.3. The molecular weight excluding hydrogens is 268 g/mol. The third kappa shape index (κ3) is 3.11. The van der Waals surface area contributed by atoms with Gasteiger partial charge in [0.2, 0.25) is 0 Å². The number of fused-ring (bicyclic) bond motifs is 1. The number of nitrogens with zero attached hydrogens (tertiary/aromatic N) is 3. The van der Waals surface area contributed by atoms with Gasteiger partial charge in [-0.05, 0) is 18.8 Å². The van der Waals surface area contributed by atoms with Crippen LogP contribution in [0.1, 0.15) is 34.6 Å². The predicted octanol–water partition coefficient (Wildman–Crippen LogP) is 0.896. The molecule has 3 heterocycles. The minimum Gasteiger partial charge on any atom is -0.381 e. The van der Waals surface area contributed by atoms with Gasteiger partial charge in [-0.15, -0.1) is 0 Å². The van der Waals surface area contributed by atoms with Gasteiger partial charge in [0.1, 0.15) is 0 Å². The minimum atomic E-state index is -0.0135. The van der Waals surface area contributed by atoms with Gasteiger partial charge in [0.25, 0.3) is 5.91 Å². The summed E-state index contributed by atoms with van der Waals surface area (Å²) in [5.74, 6) is 0.709. The number of H-pyrrole nitrogens is 1. The molecule has 0 bridgehead atoms. The molecule has 0 aromatic carbocycles. The molecule has 0 radical (unpaired) electrons. The number of carbonyl (C=O) groups excluding carboxylic acids is 1. The van der Waals surface area contributed by atoms with Gasteiger partial charge in [-0.2, -0.15) is 5.10 Å². The Bertz CT molecular complexity index is 506. The first kappa shape index (κ1) is 14.5. The predicted molar refractivity (Wildman–Crippen MR) is 79.1 cm³/mol. The SMILES string of the molecule is CN(C)C(=O)c1n[nH]c2c1CN(CC1CCOCC1)CC2. The number of rotatable bonds is 3. The van der Waals surface area contributed by atoms with Crippen LogP contribution >= 0.6 is 0 Å². The van der Waals surface area contributed by atoms with E-state index in [-0.39, 0.29) is 5.91 Å². The third-order valence-electron chi connectivity index (χ3n) is 4.48. The zero-order chi connectivity index (χ0) is 14.8. The van der Waals surface area contributed by atoms with E-state index in [1.165, 1.54) is 0 Å². The molecule has 1 saturated heterocycles. The monoisotopic (exact) mass is 292 g/mol. The van der Waals surface area contributed by atoms with Crippen molar-refractivity contribution in [3.05, 3.63) is 17.0 Å². The molecule has 0 saturated carbocycles. The lowest BCUT2D eigenvalue weighted by Crippen LogP contribution is -2.37. The number of ether oxygens (including phenoxy) is 1. The van der Waals surface area contributed by atoms with Crippen LogP contribution < -0.4 is 0 Å². The summed E-state index contributed by atoms with van der Waals surface area (Å²) in [6, 6.07) is 0. The first-order valence-electron chi connectivity index (χ1n) is 7.73. The Morgan fingerprint density at radius 1 is 1.43 bits per heavy atom. The van der Waals surface area contributed by atoms with Gasteiger partial charge in [0, 0.05) is 64.6 Å². The summed E-state index contributed by atoms with van der Waals surface area (Å²) < 4.78 is 5.43. The summed E-state index contributed by atoms with van der Waals surface area (Å²) in [7, 11) is 3.54.